The molecule has 1 fully saturated rings. The van der Waals surface area contributed by atoms with Crippen molar-refractivity contribution in [2.24, 2.45) is 0 Å². The number of hydrogen-bond donors (Lipinski definition) is 4. The lowest BCUT2D eigenvalue weighted by Crippen LogP contribution is -2.99. The number of aromatic nitrogens is 1. The van der Waals surface area contributed by atoms with Gasteiger partial charge in [0.2, 0.25) is 9.84 Å². The Kier molecular flexibility index (Phi) is 7.76. The predicted molar refractivity (Wildman–Crippen MR) is 151 cm³/mol. The first-order chi connectivity index (χ1) is 19.9. The van der Waals surface area contributed by atoms with Gasteiger partial charge >= 0.3 is 5.91 Å². The molecule has 1 aromatic heterocycles. The lowest BCUT2D eigenvalue weighted by molar-refractivity contribution is -0.991. The number of quaternary nitrogens is 1. The van der Waals surface area contributed by atoms with Crippen molar-refractivity contribution < 1.29 is 43.4 Å². The maximum absolute atomic E-state index is 13.4. The van der Waals surface area contributed by atoms with Crippen LogP contribution in [-0.2, 0) is 19.4 Å². The Bertz CT molecular complexity index is 1840. The molecule has 1 saturated heterocycles. The van der Waals surface area contributed by atoms with Crippen molar-refractivity contribution >= 4 is 61.0 Å². The van der Waals surface area contributed by atoms with Crippen molar-refractivity contribution in [2.75, 3.05) is 12.0 Å². The summed E-state index contributed by atoms with van der Waals surface area (Å²) in [5, 5.41) is 40.6. The van der Waals surface area contributed by atoms with E-state index in [0.717, 1.165) is 35.4 Å². The molecule has 2 heterocycles. The standard InChI is InChI=1S/C27H20ClN3O9S2/c1-40-20-12-15(4-11-19(20)32)23-22(24(33)14-2-5-16(28)6-3-14)25(34)26(35)30(23)27-29-13-21(41-27)42(38,39)18-9-7-17(8-10-18)31(36)37/h2-13,23,31-33,36H,1H3. The number of Topliss-reactive ketones (excluding diaryl/α,β-unsaturated/α-hetero) is 1. The molecule has 2 atom stereocenters. The smallest absolute Gasteiger partial charge is 0.301 e. The number of aromatic hydroxyl groups is 1. The third-order valence-electron chi connectivity index (χ3n) is 6.44. The summed E-state index contributed by atoms with van der Waals surface area (Å²) in [7, 11) is -2.87. The number of anilines is 1. The van der Waals surface area contributed by atoms with Gasteiger partial charge in [-0.3, -0.25) is 14.5 Å². The summed E-state index contributed by atoms with van der Waals surface area (Å²) in [4.78, 5) is 31.7. The van der Waals surface area contributed by atoms with Gasteiger partial charge in [0.05, 0.1) is 29.8 Å². The summed E-state index contributed by atoms with van der Waals surface area (Å²) in [5.41, 5.74) is 0.0367. The van der Waals surface area contributed by atoms with Gasteiger partial charge in [0.1, 0.15) is 9.97 Å². The van der Waals surface area contributed by atoms with Gasteiger partial charge in [-0.1, -0.05) is 29.0 Å². The number of halogens is 1. The average molecular weight is 630 g/mol. The summed E-state index contributed by atoms with van der Waals surface area (Å²) in [5.74, 6) is -2.83. The van der Waals surface area contributed by atoms with Gasteiger partial charge in [-0.25, -0.2) is 18.6 Å². The number of aliphatic hydroxyl groups excluding tert-OH is 1. The third-order valence-corrected chi connectivity index (χ3v) is 9.92. The first-order valence-electron chi connectivity index (χ1n) is 11.9. The third kappa shape index (κ3) is 5.11. The number of phenolic OH excluding ortho intramolecular Hbond substituents is 1. The number of phenols is 1. The fraction of sp³-hybridized carbons (Fsp3) is 0.0741. The van der Waals surface area contributed by atoms with Crippen LogP contribution in [0, 0.1) is 5.21 Å². The number of hydrogen-bond acceptors (Lipinski definition) is 11. The van der Waals surface area contributed by atoms with Crippen LogP contribution in [0.5, 0.6) is 11.5 Å². The van der Waals surface area contributed by atoms with Crippen molar-refractivity contribution in [1.29, 1.82) is 0 Å². The molecule has 5 rings (SSSR count). The van der Waals surface area contributed by atoms with E-state index in [1.54, 1.807) is 0 Å². The molecule has 216 valence electrons. The van der Waals surface area contributed by atoms with Crippen molar-refractivity contribution in [3.05, 3.63) is 99.9 Å². The van der Waals surface area contributed by atoms with Crippen molar-refractivity contribution in [3.63, 3.8) is 0 Å². The monoisotopic (exact) mass is 629 g/mol. The molecule has 0 spiro atoms. The normalized spacial score (nSPS) is 17.4. The molecule has 12 nitrogen and oxygen atoms in total. The van der Waals surface area contributed by atoms with E-state index in [4.69, 9.17) is 21.5 Å². The number of benzene rings is 3. The quantitative estimate of drug-likeness (QED) is 0.102. The Hall–Kier alpha value is -4.31. The lowest BCUT2D eigenvalue weighted by Gasteiger charge is -2.23. The molecule has 4 N–H and O–H groups in total. The fourth-order valence-corrected chi connectivity index (χ4v) is 7.02. The number of methoxy groups -OCH3 is 1. The Labute approximate surface area is 247 Å². The Morgan fingerprint density at radius 2 is 1.76 bits per heavy atom. The largest absolute Gasteiger partial charge is 0.595 e. The number of carbonyl (C=O) groups excluding carboxylic acids is 2. The van der Waals surface area contributed by atoms with Crippen LogP contribution >= 0.6 is 22.9 Å². The average Bonchev–Trinajstić information content (AvgIpc) is 3.57. The van der Waals surface area contributed by atoms with E-state index < -0.39 is 38.6 Å². The summed E-state index contributed by atoms with van der Waals surface area (Å²) in [6.45, 7) is 0. The van der Waals surface area contributed by atoms with Gasteiger partial charge in [0.25, 0.3) is 5.78 Å². The minimum absolute atomic E-state index is 0.0248. The van der Waals surface area contributed by atoms with Crippen LogP contribution in [0.15, 0.2) is 87.6 Å². The van der Waals surface area contributed by atoms with E-state index in [9.17, 15) is 33.4 Å². The highest BCUT2D eigenvalue weighted by molar-refractivity contribution is 7.93. The summed E-state index contributed by atoms with van der Waals surface area (Å²) in [6.07, 6.45) is 1.02. The number of sulfone groups is 1. The van der Waals surface area contributed by atoms with Gasteiger partial charge in [0, 0.05) is 22.7 Å². The van der Waals surface area contributed by atoms with Crippen LogP contribution < -0.4 is 14.9 Å². The van der Waals surface area contributed by atoms with E-state index in [2.05, 4.69) is 4.98 Å². The van der Waals surface area contributed by atoms with E-state index in [1.165, 1.54) is 49.6 Å². The van der Waals surface area contributed by atoms with Gasteiger partial charge in [-0.2, -0.15) is 5.23 Å². The zero-order valence-electron chi connectivity index (χ0n) is 21.4. The number of ketones is 1. The molecule has 0 saturated carbocycles. The van der Waals surface area contributed by atoms with Gasteiger partial charge < -0.3 is 20.2 Å². The summed E-state index contributed by atoms with van der Waals surface area (Å²) in [6, 6.07) is 13.3. The van der Waals surface area contributed by atoms with Crippen molar-refractivity contribution in [2.45, 2.75) is 15.1 Å². The molecule has 42 heavy (non-hydrogen) atoms. The minimum atomic E-state index is -4.18. The van der Waals surface area contributed by atoms with Crippen LogP contribution in [0.1, 0.15) is 17.2 Å². The molecule has 1 aliphatic rings. The number of thiazole rings is 1. The van der Waals surface area contributed by atoms with Crippen molar-refractivity contribution in [3.8, 4) is 11.5 Å². The number of ether oxygens (including phenoxy) is 1. The number of amides is 1. The summed E-state index contributed by atoms with van der Waals surface area (Å²) < 4.78 is 31.5. The van der Waals surface area contributed by atoms with E-state index in [0.29, 0.717) is 16.4 Å². The van der Waals surface area contributed by atoms with Gasteiger partial charge in [-0.05, 0) is 54.1 Å². The second kappa shape index (κ2) is 11.2. The number of aliphatic hydroxyl groups is 1. The molecule has 0 aliphatic carbocycles. The fourth-order valence-electron chi connectivity index (χ4n) is 4.35. The molecule has 1 aliphatic heterocycles. The second-order valence-electron chi connectivity index (χ2n) is 8.90. The van der Waals surface area contributed by atoms with E-state index >= 15 is 0 Å². The van der Waals surface area contributed by atoms with Crippen LogP contribution in [0.4, 0.5) is 10.8 Å². The molecule has 0 bridgehead atoms. The predicted octanol–water partition coefficient (Wildman–Crippen LogP) is 3.37. The van der Waals surface area contributed by atoms with Gasteiger partial charge in [-0.15, -0.1) is 0 Å². The Morgan fingerprint density at radius 1 is 1.10 bits per heavy atom. The van der Waals surface area contributed by atoms with E-state index in [-0.39, 0.29) is 48.1 Å². The maximum atomic E-state index is 13.4. The Morgan fingerprint density at radius 3 is 2.38 bits per heavy atom. The molecular formula is C27H20ClN3O9S2. The number of rotatable bonds is 7. The number of nitrogens with zero attached hydrogens (tertiary/aromatic N) is 2. The van der Waals surface area contributed by atoms with Crippen LogP contribution in [-0.4, -0.2) is 47.6 Å². The lowest BCUT2D eigenvalue weighted by atomic mass is 9.95. The topological polar surface area (TPSA) is 182 Å². The maximum Gasteiger partial charge on any atom is 0.301 e. The van der Waals surface area contributed by atoms with Crippen LogP contribution in [0.3, 0.4) is 0 Å². The first-order valence-corrected chi connectivity index (χ1v) is 14.6. The first kappa shape index (κ1) is 29.2. The zero-order chi connectivity index (χ0) is 30.3. The van der Waals surface area contributed by atoms with Crippen molar-refractivity contribution in [1.82, 2.24) is 4.98 Å². The summed E-state index contributed by atoms with van der Waals surface area (Å²) >= 11 is 6.57. The van der Waals surface area contributed by atoms with E-state index in [1.807, 2.05) is 0 Å². The second-order valence-corrected chi connectivity index (χ2v) is 12.5. The molecule has 0 radical (unpaired) electrons. The minimum Gasteiger partial charge on any atom is -0.595 e. The SMILES string of the molecule is COc1cc(C2C(=C(O)c3ccc(Cl)cc3)C(=O)C(=O)N2c2ncc(S(=O)(=O)c3ccc([NH+]([O-])O)cc3)s2)ccc1O. The highest BCUT2D eigenvalue weighted by atomic mass is 35.5. The Balaban J connectivity index is 1.64. The molecule has 1 amide bonds. The highest BCUT2D eigenvalue weighted by Gasteiger charge is 2.48. The van der Waals surface area contributed by atoms with Crippen LogP contribution in [0.25, 0.3) is 5.76 Å². The zero-order valence-corrected chi connectivity index (χ0v) is 23.8. The highest BCUT2D eigenvalue weighted by Crippen LogP contribution is 2.45. The van der Waals surface area contributed by atoms with Gasteiger partial charge in [0.15, 0.2) is 22.3 Å². The number of carbonyl (C=O) groups is 2. The molecule has 15 heteroatoms. The molecule has 2 unspecified atom stereocenters. The molecular weight excluding hydrogens is 610 g/mol. The molecule has 3 aromatic carbocycles. The molecule has 4 aromatic rings. The number of nitrogens with one attached hydrogen (secondary N) is 1. The van der Waals surface area contributed by atoms with Crippen LogP contribution in [0.2, 0.25) is 5.02 Å².